The van der Waals surface area contributed by atoms with Crippen LogP contribution in [0.4, 0.5) is 0 Å². The molecule has 0 aliphatic carbocycles. The predicted molar refractivity (Wildman–Crippen MR) is 32.8 cm³/mol. The van der Waals surface area contributed by atoms with Crippen molar-refractivity contribution >= 4 is 23.4 Å². The average Bonchev–Trinajstić information content (AvgIpc) is 1.65. The van der Waals surface area contributed by atoms with Crippen LogP contribution in [-0.2, 0) is 14.7 Å². The molecule has 0 saturated heterocycles. The molecule has 0 unspecified atom stereocenters. The fourth-order valence-corrected chi connectivity index (χ4v) is 0. The molecule has 0 aromatic carbocycles. The molecule has 0 aromatic heterocycles. The number of rotatable bonds is 1. The van der Waals surface area contributed by atoms with Crippen molar-refractivity contribution in [3.8, 4) is 0 Å². The summed E-state index contributed by atoms with van der Waals surface area (Å²) in [7, 11) is 0. The molecule has 53 valence electrons. The minimum absolute atomic E-state index is 0.0201. The molecular weight excluding hydrogens is 144 g/mol. The van der Waals surface area contributed by atoms with E-state index in [0.29, 0.717) is 0 Å². The molecule has 0 amide bonds. The van der Waals surface area contributed by atoms with E-state index in [1.54, 1.807) is 0 Å². The Morgan fingerprint density at radius 1 is 1.33 bits per heavy atom. The van der Waals surface area contributed by atoms with Gasteiger partial charge in [0.2, 0.25) is 0 Å². The quantitative estimate of drug-likeness (QED) is 0.520. The molecule has 0 rings (SSSR count). The van der Waals surface area contributed by atoms with Crippen LogP contribution in [0.15, 0.2) is 0 Å². The van der Waals surface area contributed by atoms with E-state index >= 15 is 0 Å². The lowest BCUT2D eigenvalue weighted by Crippen LogP contribution is -1.86. The zero-order valence-corrected chi connectivity index (χ0v) is 6.07. The number of Topliss-reactive ketones (excluding diaryl/α,β-unsaturated/α-hetero) is 1. The molecule has 0 aromatic rings. The lowest BCUT2D eigenvalue weighted by Gasteiger charge is -1.69. The van der Waals surface area contributed by atoms with Gasteiger partial charge in [-0.05, 0) is 6.92 Å². The van der Waals surface area contributed by atoms with Crippen LogP contribution in [0.5, 0.6) is 0 Å². The van der Waals surface area contributed by atoms with Crippen molar-refractivity contribution in [3.05, 3.63) is 0 Å². The molecule has 0 bridgehead atoms. The third-order valence-electron chi connectivity index (χ3n) is 0.188. The highest BCUT2D eigenvalue weighted by atomic mass is 35.5. The van der Waals surface area contributed by atoms with E-state index in [4.69, 9.17) is 21.5 Å². The summed E-state index contributed by atoms with van der Waals surface area (Å²) in [6.07, 6.45) is 0. The first-order valence-corrected chi connectivity index (χ1v) is 2.77. The molecule has 0 saturated carbocycles. The number of carbonyl (C=O) groups is 2. The number of hydrogen-bond acceptors (Lipinski definition) is 2. The zero-order valence-electron chi connectivity index (χ0n) is 5.31. The van der Waals surface area contributed by atoms with E-state index in [1.807, 2.05) is 0 Å². The molecule has 9 heavy (non-hydrogen) atoms. The number of alkyl halides is 1. The van der Waals surface area contributed by atoms with E-state index in [2.05, 4.69) is 0 Å². The van der Waals surface area contributed by atoms with Crippen molar-refractivity contribution in [1.29, 1.82) is 0 Å². The van der Waals surface area contributed by atoms with Crippen molar-refractivity contribution < 1.29 is 14.7 Å². The minimum Gasteiger partial charge on any atom is -0.299 e. The minimum atomic E-state index is -1.08. The molecule has 0 N–H and O–H groups in total. The van der Waals surface area contributed by atoms with Gasteiger partial charge in [0.15, 0.2) is 0 Å². The van der Waals surface area contributed by atoms with Gasteiger partial charge in [-0.1, -0.05) is 0 Å². The van der Waals surface area contributed by atoms with Crippen molar-refractivity contribution in [2.45, 2.75) is 13.8 Å². The summed E-state index contributed by atoms with van der Waals surface area (Å²) in [5.41, 5.74) is 0. The van der Waals surface area contributed by atoms with E-state index in [9.17, 15) is 4.79 Å². The summed E-state index contributed by atoms with van der Waals surface area (Å²) in [6.45, 7) is 2.42. The van der Waals surface area contributed by atoms with Crippen molar-refractivity contribution in [2.24, 2.45) is 0 Å². The summed E-state index contributed by atoms with van der Waals surface area (Å²) in [5, 5.41) is 8.89. The maximum atomic E-state index is 9.68. The Hall–Kier alpha value is -0.570. The Bertz CT molecular complexity index is 96.4. The SMILES string of the molecule is CC(=O)CCl.CC([O])=O. The molecule has 0 atom stereocenters. The molecule has 0 aliphatic heterocycles. The molecule has 0 heterocycles. The van der Waals surface area contributed by atoms with Crippen molar-refractivity contribution in [3.63, 3.8) is 0 Å². The van der Waals surface area contributed by atoms with Gasteiger partial charge in [-0.25, -0.2) is 9.90 Å². The number of hydrogen-bond donors (Lipinski definition) is 0. The fraction of sp³-hybridized carbons (Fsp3) is 0.600. The number of halogens is 1. The molecule has 0 fully saturated rings. The molecule has 1 radical (unpaired) electrons. The highest BCUT2D eigenvalue weighted by molar-refractivity contribution is 6.27. The van der Waals surface area contributed by atoms with Gasteiger partial charge in [-0.15, -0.1) is 11.6 Å². The van der Waals surface area contributed by atoms with E-state index in [1.165, 1.54) is 6.92 Å². The Labute approximate surface area is 58.6 Å². The maximum Gasteiger partial charge on any atom is 0.352 e. The Balaban J connectivity index is 0. The van der Waals surface area contributed by atoms with Gasteiger partial charge in [0.25, 0.3) is 0 Å². The van der Waals surface area contributed by atoms with E-state index < -0.39 is 5.97 Å². The molecule has 3 nitrogen and oxygen atoms in total. The van der Waals surface area contributed by atoms with Gasteiger partial charge in [0.05, 0.1) is 5.88 Å². The van der Waals surface area contributed by atoms with Crippen LogP contribution in [0.25, 0.3) is 0 Å². The van der Waals surface area contributed by atoms with Crippen LogP contribution in [0.1, 0.15) is 13.8 Å². The predicted octanol–water partition coefficient (Wildman–Crippen LogP) is 0.778. The van der Waals surface area contributed by atoms with Gasteiger partial charge in [0.1, 0.15) is 5.78 Å². The second-order valence-corrected chi connectivity index (χ2v) is 1.59. The summed E-state index contributed by atoms with van der Waals surface area (Å²) in [5.74, 6) is -0.924. The van der Waals surface area contributed by atoms with Crippen LogP contribution >= 0.6 is 11.6 Å². The van der Waals surface area contributed by atoms with Gasteiger partial charge < -0.3 is 0 Å². The molecule has 0 aliphatic rings. The first kappa shape index (κ1) is 11.3. The maximum absolute atomic E-state index is 9.68. The smallest absolute Gasteiger partial charge is 0.299 e. The third-order valence-corrected chi connectivity index (χ3v) is 0.565. The topological polar surface area (TPSA) is 54.0 Å². The van der Waals surface area contributed by atoms with Crippen LogP contribution < -0.4 is 0 Å². The normalized spacial score (nSPS) is 7.00. The first-order chi connectivity index (χ1) is 4.00. The van der Waals surface area contributed by atoms with E-state index in [-0.39, 0.29) is 11.7 Å². The highest BCUT2D eigenvalue weighted by Gasteiger charge is 1.79. The summed E-state index contributed by atoms with van der Waals surface area (Å²) in [6, 6.07) is 0. The van der Waals surface area contributed by atoms with Gasteiger partial charge in [-0.2, -0.15) is 0 Å². The van der Waals surface area contributed by atoms with Gasteiger partial charge >= 0.3 is 5.97 Å². The molecule has 0 spiro atoms. The standard InChI is InChI=1S/C3H5ClO.C2H3O2/c1-3(5)2-4;1-2(3)4/h2H2,1H3;1H3. The monoisotopic (exact) mass is 151 g/mol. The number of carbonyl (C=O) groups excluding carboxylic acids is 2. The third kappa shape index (κ3) is 107. The van der Waals surface area contributed by atoms with Gasteiger partial charge in [-0.3, -0.25) is 4.79 Å². The lowest BCUT2D eigenvalue weighted by atomic mass is 10.5. The van der Waals surface area contributed by atoms with Crippen molar-refractivity contribution in [1.82, 2.24) is 0 Å². The largest absolute Gasteiger partial charge is 0.352 e. The van der Waals surface area contributed by atoms with Crippen LogP contribution in [-0.4, -0.2) is 17.6 Å². The van der Waals surface area contributed by atoms with Crippen LogP contribution in [0.3, 0.4) is 0 Å². The summed E-state index contributed by atoms with van der Waals surface area (Å²) in [4.78, 5) is 18.6. The number of ketones is 1. The van der Waals surface area contributed by atoms with Gasteiger partial charge in [0, 0.05) is 6.92 Å². The average molecular weight is 152 g/mol. The highest BCUT2D eigenvalue weighted by Crippen LogP contribution is 1.71. The summed E-state index contributed by atoms with van der Waals surface area (Å²) >= 11 is 4.99. The Morgan fingerprint density at radius 2 is 1.44 bits per heavy atom. The van der Waals surface area contributed by atoms with Crippen LogP contribution in [0, 0.1) is 0 Å². The Kier molecular flexibility index (Phi) is 9.29. The molecule has 4 heteroatoms. The van der Waals surface area contributed by atoms with E-state index in [0.717, 1.165) is 6.92 Å². The second-order valence-electron chi connectivity index (χ2n) is 1.33. The Morgan fingerprint density at radius 3 is 1.44 bits per heavy atom. The summed E-state index contributed by atoms with van der Waals surface area (Å²) < 4.78 is 0. The fourth-order valence-electron chi connectivity index (χ4n) is 0. The molecular formula is C5H8ClO3. The first-order valence-electron chi connectivity index (χ1n) is 2.23. The lowest BCUT2D eigenvalue weighted by molar-refractivity contribution is -0.140. The van der Waals surface area contributed by atoms with Crippen LogP contribution in [0.2, 0.25) is 0 Å². The zero-order chi connectivity index (χ0) is 7.86. The van der Waals surface area contributed by atoms with Crippen molar-refractivity contribution in [2.75, 3.05) is 5.88 Å². The second kappa shape index (κ2) is 7.43.